The third kappa shape index (κ3) is 4.99. The summed E-state index contributed by atoms with van der Waals surface area (Å²) in [6.45, 7) is 6.15. The van der Waals surface area contributed by atoms with Crippen LogP contribution in [0.15, 0.2) is 38.8 Å². The zero-order chi connectivity index (χ0) is 20.8. The molecule has 2 aromatic rings. The van der Waals surface area contributed by atoms with Gasteiger partial charge in [0, 0.05) is 23.0 Å². The highest BCUT2D eigenvalue weighted by atomic mass is 35.5. The second-order valence-electron chi connectivity index (χ2n) is 6.29. The number of nitrogen functional groups attached to an aromatic ring is 1. The minimum atomic E-state index is -0.658. The molecule has 3 N–H and O–H groups in total. The number of hydrogen-bond acceptors (Lipinski definition) is 5. The molecule has 0 aliphatic rings. The second-order valence-corrected chi connectivity index (χ2v) is 8.15. The van der Waals surface area contributed by atoms with Crippen LogP contribution in [0, 0.1) is 0 Å². The molecule has 0 aliphatic heterocycles. The number of unbranched alkanes of at least 4 members (excludes halogenated alkanes) is 1. The lowest BCUT2D eigenvalue weighted by Gasteiger charge is -2.25. The summed E-state index contributed by atoms with van der Waals surface area (Å²) in [7, 11) is 0. The van der Waals surface area contributed by atoms with Crippen molar-refractivity contribution in [1.82, 2.24) is 9.55 Å². The van der Waals surface area contributed by atoms with Gasteiger partial charge in [-0.2, -0.15) is 0 Å². The Labute approximate surface area is 172 Å². The fourth-order valence-corrected chi connectivity index (χ4v) is 3.84. The Kier molecular flexibility index (Phi) is 7.77. The molecule has 1 atom stereocenters. The van der Waals surface area contributed by atoms with Gasteiger partial charge < -0.3 is 10.6 Å². The first-order valence-electron chi connectivity index (χ1n) is 9.16. The van der Waals surface area contributed by atoms with Crippen molar-refractivity contribution in [3.8, 4) is 0 Å². The first-order valence-corrected chi connectivity index (χ1v) is 10.4. The maximum atomic E-state index is 13.0. The van der Waals surface area contributed by atoms with Gasteiger partial charge in [-0.25, -0.2) is 4.79 Å². The Hall–Kier alpha value is -2.19. The minimum Gasteiger partial charge on any atom is -0.383 e. The van der Waals surface area contributed by atoms with Crippen LogP contribution in [0.2, 0.25) is 5.02 Å². The number of H-pyrrole nitrogens is 1. The van der Waals surface area contributed by atoms with Crippen LogP contribution < -0.4 is 21.9 Å². The summed E-state index contributed by atoms with van der Waals surface area (Å²) in [5.41, 5.74) is 4.94. The van der Waals surface area contributed by atoms with Crippen molar-refractivity contribution in [2.45, 2.75) is 50.3 Å². The van der Waals surface area contributed by atoms with Crippen LogP contribution in [0.4, 0.5) is 11.5 Å². The second kappa shape index (κ2) is 9.84. The number of halogens is 1. The van der Waals surface area contributed by atoms with E-state index in [4.69, 9.17) is 17.3 Å². The summed E-state index contributed by atoms with van der Waals surface area (Å²) >= 11 is 7.26. The number of nitrogens with one attached hydrogen (secondary N) is 1. The van der Waals surface area contributed by atoms with Crippen LogP contribution in [0.1, 0.15) is 33.6 Å². The van der Waals surface area contributed by atoms with E-state index in [2.05, 4.69) is 4.98 Å². The quantitative estimate of drug-likeness (QED) is 0.634. The van der Waals surface area contributed by atoms with E-state index in [-0.39, 0.29) is 24.0 Å². The van der Waals surface area contributed by atoms with Crippen LogP contribution in [-0.4, -0.2) is 27.3 Å². The molecule has 0 saturated heterocycles. The third-order valence-electron chi connectivity index (χ3n) is 4.28. The molecule has 1 aromatic heterocycles. The molecule has 0 spiro atoms. The number of carbonyl (C=O) groups excluding carboxylic acids is 1. The van der Waals surface area contributed by atoms with Crippen molar-refractivity contribution in [2.24, 2.45) is 0 Å². The summed E-state index contributed by atoms with van der Waals surface area (Å²) in [5, 5.41) is 0.156. The molecule has 0 aliphatic carbocycles. The number of anilines is 2. The summed E-state index contributed by atoms with van der Waals surface area (Å²) in [6, 6.07) is 7.17. The average Bonchev–Trinajstić information content (AvgIpc) is 2.66. The number of nitrogens with zero attached hydrogens (tertiary/aromatic N) is 2. The number of aromatic nitrogens is 2. The van der Waals surface area contributed by atoms with E-state index < -0.39 is 16.5 Å². The lowest BCUT2D eigenvalue weighted by molar-refractivity contribution is -0.117. The van der Waals surface area contributed by atoms with Gasteiger partial charge in [0.1, 0.15) is 5.82 Å². The first-order chi connectivity index (χ1) is 13.3. The van der Waals surface area contributed by atoms with Crippen molar-refractivity contribution in [3.63, 3.8) is 0 Å². The van der Waals surface area contributed by atoms with Crippen molar-refractivity contribution in [3.05, 3.63) is 50.1 Å². The van der Waals surface area contributed by atoms with E-state index in [9.17, 15) is 14.4 Å². The summed E-state index contributed by atoms with van der Waals surface area (Å²) < 4.78 is 1.31. The molecule has 2 rings (SSSR count). The Morgan fingerprint density at radius 2 is 1.93 bits per heavy atom. The molecule has 152 valence electrons. The standard InChI is InChI=1S/C19H25ClN4O3S/c1-4-6-11-24-16(21)15(17(25)22-19(24)27)23(5-2)18(26)12(3)28-14-9-7-13(20)8-10-14/h7-10,12H,4-6,11,21H2,1-3H3,(H,22,25,27). The van der Waals surface area contributed by atoms with Crippen molar-refractivity contribution in [1.29, 1.82) is 0 Å². The highest BCUT2D eigenvalue weighted by Crippen LogP contribution is 2.27. The molecule has 0 radical (unpaired) electrons. The predicted molar refractivity (Wildman–Crippen MR) is 115 cm³/mol. The van der Waals surface area contributed by atoms with Crippen molar-refractivity contribution < 1.29 is 4.79 Å². The van der Waals surface area contributed by atoms with Crippen LogP contribution >= 0.6 is 23.4 Å². The normalized spacial score (nSPS) is 12.0. The molecule has 1 amide bonds. The lowest BCUT2D eigenvalue weighted by atomic mass is 10.3. The molecule has 0 bridgehead atoms. The van der Waals surface area contributed by atoms with Crippen molar-refractivity contribution >= 4 is 40.8 Å². The number of benzene rings is 1. The molecule has 1 aromatic carbocycles. The Morgan fingerprint density at radius 1 is 1.29 bits per heavy atom. The van der Waals surface area contributed by atoms with Crippen LogP contribution in [0.5, 0.6) is 0 Å². The molecular formula is C19H25ClN4O3S. The predicted octanol–water partition coefficient (Wildman–Crippen LogP) is 3.11. The van der Waals surface area contributed by atoms with E-state index in [0.717, 1.165) is 17.7 Å². The van der Waals surface area contributed by atoms with Gasteiger partial charge in [0.25, 0.3) is 5.56 Å². The zero-order valence-electron chi connectivity index (χ0n) is 16.2. The Morgan fingerprint density at radius 3 is 2.50 bits per heavy atom. The SMILES string of the molecule is CCCCn1c(N)c(N(CC)C(=O)C(C)Sc2ccc(Cl)cc2)c(=O)[nH]c1=O. The van der Waals surface area contributed by atoms with Gasteiger partial charge in [0.15, 0.2) is 5.69 Å². The first kappa shape index (κ1) is 22.1. The third-order valence-corrected chi connectivity index (χ3v) is 5.63. The molecule has 7 nitrogen and oxygen atoms in total. The topological polar surface area (TPSA) is 101 Å². The molecular weight excluding hydrogens is 400 g/mol. The maximum absolute atomic E-state index is 13.0. The maximum Gasteiger partial charge on any atom is 0.330 e. The van der Waals surface area contributed by atoms with Crippen LogP contribution in [0.3, 0.4) is 0 Å². The van der Waals surface area contributed by atoms with E-state index in [1.807, 2.05) is 19.1 Å². The Balaban J connectivity index is 2.35. The largest absolute Gasteiger partial charge is 0.383 e. The highest BCUT2D eigenvalue weighted by molar-refractivity contribution is 8.00. The van der Waals surface area contributed by atoms with E-state index in [1.165, 1.54) is 21.2 Å². The average molecular weight is 425 g/mol. The number of amides is 1. The number of carbonyl (C=O) groups is 1. The number of rotatable bonds is 8. The fraction of sp³-hybridized carbons (Fsp3) is 0.421. The molecule has 1 heterocycles. The number of aromatic amines is 1. The molecule has 0 saturated carbocycles. The number of thioether (sulfide) groups is 1. The van der Waals surface area contributed by atoms with E-state index >= 15 is 0 Å². The fourth-order valence-electron chi connectivity index (χ4n) is 2.79. The van der Waals surface area contributed by atoms with Gasteiger partial charge >= 0.3 is 5.69 Å². The molecule has 1 unspecified atom stereocenters. The van der Waals surface area contributed by atoms with Gasteiger partial charge in [-0.1, -0.05) is 24.9 Å². The van der Waals surface area contributed by atoms with Gasteiger partial charge in [-0.15, -0.1) is 11.8 Å². The van der Waals surface area contributed by atoms with Crippen LogP contribution in [-0.2, 0) is 11.3 Å². The van der Waals surface area contributed by atoms with Gasteiger partial charge in [0.05, 0.1) is 5.25 Å². The molecule has 9 heteroatoms. The number of nitrogens with two attached hydrogens (primary N) is 1. The highest BCUT2D eigenvalue weighted by Gasteiger charge is 2.27. The minimum absolute atomic E-state index is 0.0149. The zero-order valence-corrected chi connectivity index (χ0v) is 17.8. The molecule has 28 heavy (non-hydrogen) atoms. The smallest absolute Gasteiger partial charge is 0.330 e. The van der Waals surface area contributed by atoms with Gasteiger partial charge in [0.2, 0.25) is 5.91 Å². The summed E-state index contributed by atoms with van der Waals surface area (Å²) in [6.07, 6.45) is 1.60. The van der Waals surface area contributed by atoms with Gasteiger partial charge in [-0.05, 0) is 44.5 Å². The molecule has 0 fully saturated rings. The number of hydrogen-bond donors (Lipinski definition) is 2. The van der Waals surface area contributed by atoms with E-state index in [1.54, 1.807) is 26.0 Å². The summed E-state index contributed by atoms with van der Waals surface area (Å²) in [5.74, 6) is -0.249. The van der Waals surface area contributed by atoms with Crippen LogP contribution in [0.25, 0.3) is 0 Å². The summed E-state index contributed by atoms with van der Waals surface area (Å²) in [4.78, 5) is 42.1. The van der Waals surface area contributed by atoms with Crippen molar-refractivity contribution in [2.75, 3.05) is 17.2 Å². The monoisotopic (exact) mass is 424 g/mol. The lowest BCUT2D eigenvalue weighted by Crippen LogP contribution is -2.43. The van der Waals surface area contributed by atoms with E-state index in [0.29, 0.717) is 11.6 Å². The Bertz CT molecular complexity index is 940. The van der Waals surface area contributed by atoms with Gasteiger partial charge in [-0.3, -0.25) is 19.1 Å².